The average molecular weight is 326 g/mol. The van der Waals surface area contributed by atoms with Crippen LogP contribution in [0.15, 0.2) is 36.5 Å². The zero-order valence-corrected chi connectivity index (χ0v) is 13.0. The fourth-order valence-electron chi connectivity index (χ4n) is 2.84. The van der Waals surface area contributed by atoms with Crippen LogP contribution in [0.3, 0.4) is 0 Å². The van der Waals surface area contributed by atoms with Crippen LogP contribution in [0.1, 0.15) is 18.5 Å². The second-order valence-corrected chi connectivity index (χ2v) is 6.35. The maximum atomic E-state index is 13.8. The quantitative estimate of drug-likeness (QED) is 0.695. The first kappa shape index (κ1) is 14.2. The predicted molar refractivity (Wildman–Crippen MR) is 87.6 cm³/mol. The molecule has 1 aliphatic carbocycles. The van der Waals surface area contributed by atoms with Crippen molar-refractivity contribution in [2.24, 2.45) is 5.92 Å². The van der Waals surface area contributed by atoms with Crippen molar-refractivity contribution >= 4 is 22.6 Å². The molecular weight excluding hydrogens is 313 g/mol. The van der Waals surface area contributed by atoms with E-state index >= 15 is 0 Å². The van der Waals surface area contributed by atoms with Crippen LogP contribution in [-0.2, 0) is 6.54 Å². The normalized spacial score (nSPS) is 14.1. The Balaban J connectivity index is 1.91. The van der Waals surface area contributed by atoms with E-state index in [-0.39, 0.29) is 5.02 Å². The summed E-state index contributed by atoms with van der Waals surface area (Å²) in [5, 5.41) is 10.1. The second kappa shape index (κ2) is 5.36. The highest BCUT2D eigenvalue weighted by molar-refractivity contribution is 6.30. The molecule has 0 saturated heterocycles. The molecule has 1 aliphatic rings. The van der Waals surface area contributed by atoms with Gasteiger partial charge in [-0.25, -0.2) is 9.37 Å². The number of benzene rings is 1. The minimum atomic E-state index is -0.436. The van der Waals surface area contributed by atoms with Gasteiger partial charge in [0.25, 0.3) is 0 Å². The summed E-state index contributed by atoms with van der Waals surface area (Å²) in [6.07, 6.45) is 4.45. The number of pyridine rings is 1. The fraction of sp³-hybridized carbons (Fsp3) is 0.222. The highest BCUT2D eigenvalue weighted by atomic mass is 35.5. The Bertz CT molecular complexity index is 951. The molecular formula is C18H13ClFN3. The fourth-order valence-corrected chi connectivity index (χ4v) is 2.96. The summed E-state index contributed by atoms with van der Waals surface area (Å²) in [6.45, 7) is 0.883. The molecule has 1 saturated carbocycles. The number of rotatable bonds is 3. The van der Waals surface area contributed by atoms with Crippen molar-refractivity contribution in [3.63, 3.8) is 0 Å². The van der Waals surface area contributed by atoms with E-state index in [1.807, 2.05) is 12.3 Å². The average Bonchev–Trinajstić information content (AvgIpc) is 3.31. The highest BCUT2D eigenvalue weighted by Crippen LogP contribution is 2.36. The van der Waals surface area contributed by atoms with Gasteiger partial charge in [0, 0.05) is 23.7 Å². The van der Waals surface area contributed by atoms with Crippen LogP contribution in [0.5, 0.6) is 0 Å². The lowest BCUT2D eigenvalue weighted by molar-refractivity contribution is 0.628. The minimum Gasteiger partial charge on any atom is -0.332 e. The van der Waals surface area contributed by atoms with Gasteiger partial charge in [0.1, 0.15) is 23.2 Å². The molecule has 0 atom stereocenters. The van der Waals surface area contributed by atoms with Crippen LogP contribution in [0.2, 0.25) is 5.02 Å². The van der Waals surface area contributed by atoms with E-state index in [1.54, 1.807) is 18.2 Å². The van der Waals surface area contributed by atoms with Gasteiger partial charge in [-0.2, -0.15) is 5.26 Å². The lowest BCUT2D eigenvalue weighted by Crippen LogP contribution is -1.99. The topological polar surface area (TPSA) is 41.6 Å². The number of nitrogens with zero attached hydrogens (tertiary/aromatic N) is 3. The minimum absolute atomic E-state index is 0.111. The van der Waals surface area contributed by atoms with Crippen molar-refractivity contribution in [2.45, 2.75) is 19.4 Å². The van der Waals surface area contributed by atoms with Crippen molar-refractivity contribution in [1.82, 2.24) is 9.55 Å². The van der Waals surface area contributed by atoms with E-state index in [2.05, 4.69) is 15.6 Å². The zero-order valence-electron chi connectivity index (χ0n) is 12.3. The van der Waals surface area contributed by atoms with Gasteiger partial charge in [0.05, 0.1) is 5.02 Å². The first-order valence-corrected chi connectivity index (χ1v) is 7.89. The maximum absolute atomic E-state index is 13.8. The molecule has 3 nitrogen and oxygen atoms in total. The number of fused-ring (bicyclic) bond motifs is 1. The Morgan fingerprint density at radius 3 is 2.83 bits per heavy atom. The van der Waals surface area contributed by atoms with E-state index < -0.39 is 5.82 Å². The number of halogens is 2. The van der Waals surface area contributed by atoms with Crippen molar-refractivity contribution < 1.29 is 4.39 Å². The third-order valence-electron chi connectivity index (χ3n) is 4.22. The number of hydrogen-bond donors (Lipinski definition) is 0. The van der Waals surface area contributed by atoms with Crippen LogP contribution in [0.4, 0.5) is 4.39 Å². The van der Waals surface area contributed by atoms with E-state index in [9.17, 15) is 4.39 Å². The van der Waals surface area contributed by atoms with Gasteiger partial charge in [-0.3, -0.25) is 0 Å². The molecule has 0 aliphatic heterocycles. The molecule has 0 radical (unpaired) electrons. The highest BCUT2D eigenvalue weighted by Gasteiger charge is 2.23. The lowest BCUT2D eigenvalue weighted by atomic mass is 10.1. The standard InChI is InChI=1S/C18H13ClFN3/c19-16-6-3-12(7-17(16)20)15-10-23(9-11-1-2-11)18-14(15)5-4-13(8-21)22-18/h3-7,10-11H,1-2,9H2. The summed E-state index contributed by atoms with van der Waals surface area (Å²) in [7, 11) is 0. The van der Waals surface area contributed by atoms with Crippen LogP contribution >= 0.6 is 11.6 Å². The first-order valence-electron chi connectivity index (χ1n) is 7.51. The van der Waals surface area contributed by atoms with Crippen LogP contribution < -0.4 is 0 Å². The molecule has 0 bridgehead atoms. The Hall–Kier alpha value is -2.38. The van der Waals surface area contributed by atoms with Crippen molar-refractivity contribution in [3.8, 4) is 17.2 Å². The smallest absolute Gasteiger partial charge is 0.142 e. The Labute approximate surface area is 137 Å². The second-order valence-electron chi connectivity index (χ2n) is 5.95. The summed E-state index contributed by atoms with van der Waals surface area (Å²) in [5.74, 6) is 0.238. The Morgan fingerprint density at radius 2 is 2.13 bits per heavy atom. The first-order chi connectivity index (χ1) is 11.2. The van der Waals surface area contributed by atoms with Gasteiger partial charge in [0.15, 0.2) is 0 Å². The van der Waals surface area contributed by atoms with E-state index in [0.29, 0.717) is 11.6 Å². The molecule has 23 heavy (non-hydrogen) atoms. The molecule has 2 heterocycles. The molecule has 5 heteroatoms. The van der Waals surface area contributed by atoms with E-state index in [4.69, 9.17) is 16.9 Å². The summed E-state index contributed by atoms with van der Waals surface area (Å²) >= 11 is 5.78. The van der Waals surface area contributed by atoms with Gasteiger partial charge in [-0.1, -0.05) is 17.7 Å². The maximum Gasteiger partial charge on any atom is 0.142 e. The summed E-state index contributed by atoms with van der Waals surface area (Å²) in [5.41, 5.74) is 2.84. The molecule has 4 rings (SSSR count). The zero-order chi connectivity index (χ0) is 16.0. The van der Waals surface area contributed by atoms with E-state index in [0.717, 1.165) is 28.7 Å². The number of hydrogen-bond acceptors (Lipinski definition) is 2. The molecule has 0 unspecified atom stereocenters. The van der Waals surface area contributed by atoms with Gasteiger partial charge < -0.3 is 4.57 Å². The summed E-state index contributed by atoms with van der Waals surface area (Å²) < 4.78 is 15.9. The Morgan fingerprint density at radius 1 is 1.30 bits per heavy atom. The monoisotopic (exact) mass is 325 g/mol. The van der Waals surface area contributed by atoms with Gasteiger partial charge in [-0.05, 0) is 48.6 Å². The SMILES string of the molecule is N#Cc1ccc2c(-c3ccc(Cl)c(F)c3)cn(CC3CC3)c2n1. The lowest BCUT2D eigenvalue weighted by Gasteiger charge is -2.02. The molecule has 114 valence electrons. The van der Waals surface area contributed by atoms with Crippen molar-refractivity contribution in [1.29, 1.82) is 5.26 Å². The van der Waals surface area contributed by atoms with Gasteiger partial charge in [0.2, 0.25) is 0 Å². The molecule has 1 aromatic carbocycles. The van der Waals surface area contributed by atoms with Crippen LogP contribution in [0, 0.1) is 23.1 Å². The third-order valence-corrected chi connectivity index (χ3v) is 4.53. The largest absolute Gasteiger partial charge is 0.332 e. The van der Waals surface area contributed by atoms with Crippen molar-refractivity contribution in [3.05, 3.63) is 53.1 Å². The summed E-state index contributed by atoms with van der Waals surface area (Å²) in [4.78, 5) is 4.44. The molecule has 0 amide bonds. The van der Waals surface area contributed by atoms with Crippen LogP contribution in [0.25, 0.3) is 22.2 Å². The molecule has 0 N–H and O–H groups in total. The van der Waals surface area contributed by atoms with Gasteiger partial charge in [-0.15, -0.1) is 0 Å². The number of nitriles is 1. The molecule has 1 fully saturated rings. The van der Waals surface area contributed by atoms with Crippen LogP contribution in [-0.4, -0.2) is 9.55 Å². The Kier molecular flexibility index (Phi) is 3.32. The number of aromatic nitrogens is 2. The van der Waals surface area contributed by atoms with Gasteiger partial charge >= 0.3 is 0 Å². The molecule has 3 aromatic rings. The summed E-state index contributed by atoms with van der Waals surface area (Å²) in [6, 6.07) is 10.5. The predicted octanol–water partition coefficient (Wildman–Crippen LogP) is 4.78. The third kappa shape index (κ3) is 2.58. The molecule has 0 spiro atoms. The molecule has 2 aromatic heterocycles. The van der Waals surface area contributed by atoms with Crippen molar-refractivity contribution in [2.75, 3.05) is 0 Å². The van der Waals surface area contributed by atoms with E-state index in [1.165, 1.54) is 18.9 Å².